The molecule has 4 rings (SSSR count). The molecule has 3 heterocycles. The molecule has 2 aromatic rings. The van der Waals surface area contributed by atoms with Crippen molar-refractivity contribution in [1.29, 1.82) is 0 Å². The van der Waals surface area contributed by atoms with Crippen LogP contribution in [0.4, 0.5) is 0 Å². The Morgan fingerprint density at radius 3 is 2.83 bits per heavy atom. The SMILES string of the molecule is CCC(CNC(=NC)N1CCC(C)C(n2ccnc2)C1)N1CCc2ccccc2C1. The van der Waals surface area contributed by atoms with Crippen molar-refractivity contribution in [2.24, 2.45) is 10.9 Å². The van der Waals surface area contributed by atoms with Gasteiger partial charge in [0.15, 0.2) is 5.96 Å². The molecule has 6 heteroatoms. The number of aromatic nitrogens is 2. The molecule has 2 aliphatic heterocycles. The van der Waals surface area contributed by atoms with E-state index < -0.39 is 0 Å². The summed E-state index contributed by atoms with van der Waals surface area (Å²) < 4.78 is 2.25. The quantitative estimate of drug-likeness (QED) is 0.610. The lowest BCUT2D eigenvalue weighted by Crippen LogP contribution is -2.52. The number of likely N-dealkylation sites (tertiary alicyclic amines) is 1. The van der Waals surface area contributed by atoms with Gasteiger partial charge in [-0.05, 0) is 36.3 Å². The van der Waals surface area contributed by atoms with Gasteiger partial charge in [0.05, 0.1) is 12.4 Å². The van der Waals surface area contributed by atoms with Crippen molar-refractivity contribution >= 4 is 5.96 Å². The molecule has 1 aromatic heterocycles. The predicted molar refractivity (Wildman–Crippen MR) is 123 cm³/mol. The maximum atomic E-state index is 4.63. The van der Waals surface area contributed by atoms with E-state index >= 15 is 0 Å². The molecule has 0 bridgehead atoms. The zero-order valence-corrected chi connectivity index (χ0v) is 18.7. The summed E-state index contributed by atoms with van der Waals surface area (Å²) in [6.07, 6.45) is 9.37. The molecular formula is C24H36N6. The van der Waals surface area contributed by atoms with Crippen LogP contribution in [0.3, 0.4) is 0 Å². The van der Waals surface area contributed by atoms with Crippen LogP contribution in [-0.2, 0) is 13.0 Å². The topological polar surface area (TPSA) is 48.7 Å². The second-order valence-electron chi connectivity index (χ2n) is 8.77. The Kier molecular flexibility index (Phi) is 6.72. The fourth-order valence-corrected chi connectivity index (χ4v) is 5.00. The highest BCUT2D eigenvalue weighted by molar-refractivity contribution is 5.80. The summed E-state index contributed by atoms with van der Waals surface area (Å²) in [4.78, 5) is 13.9. The molecule has 162 valence electrons. The summed E-state index contributed by atoms with van der Waals surface area (Å²) >= 11 is 0. The van der Waals surface area contributed by atoms with Gasteiger partial charge in [0.2, 0.25) is 0 Å². The molecule has 1 N–H and O–H groups in total. The summed E-state index contributed by atoms with van der Waals surface area (Å²) in [7, 11) is 1.91. The van der Waals surface area contributed by atoms with E-state index in [-0.39, 0.29) is 0 Å². The number of hydrogen-bond donors (Lipinski definition) is 1. The summed E-state index contributed by atoms with van der Waals surface area (Å²) in [5.41, 5.74) is 3.00. The van der Waals surface area contributed by atoms with Crippen LogP contribution in [0.25, 0.3) is 0 Å². The molecule has 2 aliphatic rings. The molecule has 1 aromatic carbocycles. The minimum Gasteiger partial charge on any atom is -0.355 e. The maximum absolute atomic E-state index is 4.63. The smallest absolute Gasteiger partial charge is 0.193 e. The first-order valence-electron chi connectivity index (χ1n) is 11.4. The monoisotopic (exact) mass is 408 g/mol. The number of rotatable bonds is 5. The van der Waals surface area contributed by atoms with Gasteiger partial charge in [0, 0.05) is 58.2 Å². The lowest BCUT2D eigenvalue weighted by Gasteiger charge is -2.40. The number of nitrogens with one attached hydrogen (secondary N) is 1. The van der Waals surface area contributed by atoms with E-state index in [1.807, 2.05) is 19.6 Å². The van der Waals surface area contributed by atoms with Crippen LogP contribution < -0.4 is 5.32 Å². The average molecular weight is 409 g/mol. The minimum absolute atomic E-state index is 0.445. The van der Waals surface area contributed by atoms with Gasteiger partial charge < -0.3 is 14.8 Å². The maximum Gasteiger partial charge on any atom is 0.193 e. The van der Waals surface area contributed by atoms with E-state index in [4.69, 9.17) is 0 Å². The van der Waals surface area contributed by atoms with Crippen molar-refractivity contribution < 1.29 is 0 Å². The number of nitrogens with zero attached hydrogens (tertiary/aromatic N) is 5. The van der Waals surface area contributed by atoms with Crippen molar-refractivity contribution in [3.8, 4) is 0 Å². The van der Waals surface area contributed by atoms with Crippen LogP contribution >= 0.6 is 0 Å². The van der Waals surface area contributed by atoms with E-state index in [1.165, 1.54) is 17.5 Å². The van der Waals surface area contributed by atoms with E-state index in [2.05, 4.69) is 74.0 Å². The molecule has 6 nitrogen and oxygen atoms in total. The molecule has 0 saturated carbocycles. The number of guanidine groups is 1. The first-order valence-corrected chi connectivity index (χ1v) is 11.4. The van der Waals surface area contributed by atoms with Crippen molar-refractivity contribution in [3.63, 3.8) is 0 Å². The summed E-state index contributed by atoms with van der Waals surface area (Å²) in [5.74, 6) is 1.67. The molecule has 3 atom stereocenters. The number of imidazole rings is 1. The second-order valence-corrected chi connectivity index (χ2v) is 8.77. The van der Waals surface area contributed by atoms with E-state index in [9.17, 15) is 0 Å². The Bertz CT molecular complexity index is 830. The molecule has 0 radical (unpaired) electrons. The van der Waals surface area contributed by atoms with E-state index in [1.54, 1.807) is 0 Å². The molecular weight excluding hydrogens is 372 g/mol. The van der Waals surface area contributed by atoms with Crippen LogP contribution in [0, 0.1) is 5.92 Å². The number of fused-ring (bicyclic) bond motifs is 1. The van der Waals surface area contributed by atoms with Crippen molar-refractivity contribution in [1.82, 2.24) is 24.7 Å². The number of aliphatic imine (C=N–C) groups is 1. The molecule has 0 aliphatic carbocycles. The summed E-state index contributed by atoms with van der Waals surface area (Å²) in [6.45, 7) is 9.81. The van der Waals surface area contributed by atoms with E-state index in [0.717, 1.165) is 51.5 Å². The fourth-order valence-electron chi connectivity index (χ4n) is 5.00. The Morgan fingerprint density at radius 2 is 2.10 bits per heavy atom. The first kappa shape index (κ1) is 20.9. The van der Waals surface area contributed by atoms with E-state index in [0.29, 0.717) is 18.0 Å². The van der Waals surface area contributed by atoms with Gasteiger partial charge in [-0.2, -0.15) is 0 Å². The first-order chi connectivity index (χ1) is 14.7. The zero-order chi connectivity index (χ0) is 20.9. The average Bonchev–Trinajstić information content (AvgIpc) is 3.32. The lowest BCUT2D eigenvalue weighted by molar-refractivity contribution is 0.167. The standard InChI is InChI=1S/C24H36N6/c1-4-22(28-13-10-20-7-5-6-8-21(20)16-28)15-27-24(25-3)29-12-9-19(2)23(17-29)30-14-11-26-18-30/h5-8,11,14,18-19,22-23H,4,9-10,12-13,15-17H2,1-3H3,(H,25,27). The zero-order valence-electron chi connectivity index (χ0n) is 18.7. The summed E-state index contributed by atoms with van der Waals surface area (Å²) in [6, 6.07) is 9.85. The number of piperidine rings is 1. The van der Waals surface area contributed by atoms with Crippen LogP contribution in [0.2, 0.25) is 0 Å². The predicted octanol–water partition coefficient (Wildman–Crippen LogP) is 3.18. The van der Waals surface area contributed by atoms with Crippen LogP contribution in [0.15, 0.2) is 48.0 Å². The Morgan fingerprint density at radius 1 is 1.27 bits per heavy atom. The molecule has 0 amide bonds. The molecule has 1 fully saturated rings. The van der Waals surface area contributed by atoms with Crippen LogP contribution in [0.5, 0.6) is 0 Å². The van der Waals surface area contributed by atoms with Gasteiger partial charge in [0.1, 0.15) is 0 Å². The third kappa shape index (κ3) is 4.53. The Labute approximate surface area is 181 Å². The minimum atomic E-state index is 0.445. The third-order valence-corrected chi connectivity index (χ3v) is 6.98. The number of benzene rings is 1. The van der Waals surface area contributed by atoms with Crippen molar-refractivity contribution in [2.75, 3.05) is 33.2 Å². The highest BCUT2D eigenvalue weighted by atomic mass is 15.3. The summed E-state index contributed by atoms with van der Waals surface area (Å²) in [5, 5.41) is 3.70. The van der Waals surface area contributed by atoms with Crippen LogP contribution in [-0.4, -0.2) is 64.6 Å². The Balaban J connectivity index is 1.36. The molecule has 30 heavy (non-hydrogen) atoms. The Hall–Kier alpha value is -2.34. The van der Waals surface area contributed by atoms with Gasteiger partial charge in [-0.25, -0.2) is 4.98 Å². The van der Waals surface area contributed by atoms with Gasteiger partial charge in [0.25, 0.3) is 0 Å². The van der Waals surface area contributed by atoms with Gasteiger partial charge in [-0.3, -0.25) is 9.89 Å². The fraction of sp³-hybridized carbons (Fsp3) is 0.583. The third-order valence-electron chi connectivity index (χ3n) is 6.98. The lowest BCUT2D eigenvalue weighted by atomic mass is 9.93. The highest BCUT2D eigenvalue weighted by Crippen LogP contribution is 2.27. The largest absolute Gasteiger partial charge is 0.355 e. The van der Waals surface area contributed by atoms with Gasteiger partial charge in [-0.1, -0.05) is 38.1 Å². The molecule has 1 saturated heterocycles. The molecule has 3 unspecified atom stereocenters. The number of hydrogen-bond acceptors (Lipinski definition) is 3. The van der Waals surface area contributed by atoms with Crippen molar-refractivity contribution in [3.05, 3.63) is 54.1 Å². The van der Waals surface area contributed by atoms with Gasteiger partial charge in [-0.15, -0.1) is 0 Å². The van der Waals surface area contributed by atoms with Crippen LogP contribution in [0.1, 0.15) is 43.9 Å². The molecule has 0 spiro atoms. The highest BCUT2D eigenvalue weighted by Gasteiger charge is 2.29. The second kappa shape index (κ2) is 9.65. The van der Waals surface area contributed by atoms with Gasteiger partial charge >= 0.3 is 0 Å². The normalized spacial score (nSPS) is 23.8. The van der Waals surface area contributed by atoms with Crippen molar-refractivity contribution in [2.45, 2.75) is 51.7 Å².